The fourth-order valence-electron chi connectivity index (χ4n) is 6.23. The maximum Gasteiger partial charge on any atom is 0.339 e. The molecule has 3 aliphatic rings. The maximum absolute atomic E-state index is 13.7. The maximum atomic E-state index is 13.7. The van der Waals surface area contributed by atoms with E-state index >= 15 is 0 Å². The van der Waals surface area contributed by atoms with Gasteiger partial charge in [0.1, 0.15) is 17.3 Å². The lowest BCUT2D eigenvalue weighted by Crippen LogP contribution is -2.42. The summed E-state index contributed by atoms with van der Waals surface area (Å²) < 4.78 is 22.0. The lowest BCUT2D eigenvalue weighted by Gasteiger charge is -2.42. The van der Waals surface area contributed by atoms with Crippen molar-refractivity contribution < 1.29 is 48.0 Å². The molecule has 6 rings (SSSR count). The fourth-order valence-corrected chi connectivity index (χ4v) is 6.23. The molecule has 12 heteroatoms. The summed E-state index contributed by atoms with van der Waals surface area (Å²) in [4.78, 5) is 66.8. The van der Waals surface area contributed by atoms with Crippen molar-refractivity contribution in [2.24, 2.45) is 5.92 Å². The minimum Gasteiger partial charge on any atom is -0.508 e. The van der Waals surface area contributed by atoms with Gasteiger partial charge in [0, 0.05) is 60.3 Å². The highest BCUT2D eigenvalue weighted by molar-refractivity contribution is 6.03. The molecule has 0 radical (unpaired) electrons. The number of anilines is 2. The molecule has 0 bridgehead atoms. The van der Waals surface area contributed by atoms with Crippen molar-refractivity contribution in [2.75, 3.05) is 39.3 Å². The Morgan fingerprint density at radius 2 is 1.52 bits per heavy atom. The number of benzene rings is 3. The first-order valence-electron chi connectivity index (χ1n) is 15.2. The van der Waals surface area contributed by atoms with Gasteiger partial charge < -0.3 is 33.9 Å². The largest absolute Gasteiger partial charge is 0.508 e. The fraction of sp³-hybridized carbons (Fsp3) is 0.250. The highest BCUT2D eigenvalue weighted by atomic mass is 16.6. The molecule has 3 aromatic rings. The second kappa shape index (κ2) is 12.7. The third-order valence-corrected chi connectivity index (χ3v) is 8.75. The van der Waals surface area contributed by atoms with Crippen molar-refractivity contribution in [2.45, 2.75) is 18.4 Å². The van der Waals surface area contributed by atoms with Crippen molar-refractivity contribution in [3.63, 3.8) is 0 Å². The average Bonchev–Trinajstić information content (AvgIpc) is 3.38. The first-order valence-corrected chi connectivity index (χ1v) is 15.2. The Kier molecular flexibility index (Phi) is 8.48. The summed E-state index contributed by atoms with van der Waals surface area (Å²) in [5.74, 6) is -2.35. The number of ether oxygens (including phenoxy) is 4. The third-order valence-electron chi connectivity index (χ3n) is 8.75. The molecule has 0 saturated carbocycles. The molecule has 1 aliphatic carbocycles. The number of rotatable bonds is 9. The number of allylic oxidation sites excluding steroid dienone is 2. The number of nitrogens with zero attached hydrogens (tertiary/aromatic N) is 2. The average molecular weight is 653 g/mol. The highest BCUT2D eigenvalue weighted by Crippen LogP contribution is 2.57. The first-order chi connectivity index (χ1) is 23.0. The van der Waals surface area contributed by atoms with Crippen LogP contribution in [0.1, 0.15) is 44.7 Å². The van der Waals surface area contributed by atoms with Gasteiger partial charge in [-0.3, -0.25) is 19.2 Å². The first kappa shape index (κ1) is 32.0. The van der Waals surface area contributed by atoms with Gasteiger partial charge in [0.25, 0.3) is 5.91 Å². The van der Waals surface area contributed by atoms with Gasteiger partial charge in [-0.05, 0) is 54.6 Å². The van der Waals surface area contributed by atoms with Crippen molar-refractivity contribution in [1.82, 2.24) is 4.90 Å². The van der Waals surface area contributed by atoms with Gasteiger partial charge in [-0.15, -0.1) is 0 Å². The SMILES string of the molecule is COC(=O)CCN(CCC(=O)OC)C(=O)c1ccc2c(c1)C(=O)OC21c2ccc(N(C)c3ccc(O)cc3)cc2OC2=CC(=O)C=CC21. The number of aromatic hydroxyl groups is 1. The van der Waals surface area contributed by atoms with Gasteiger partial charge in [-0.2, -0.15) is 0 Å². The molecular weight excluding hydrogens is 620 g/mol. The van der Waals surface area contributed by atoms with Crippen LogP contribution in [0.5, 0.6) is 11.5 Å². The Hall–Kier alpha value is -5.91. The number of fused-ring (bicyclic) bond motifs is 6. The molecule has 3 aromatic carbocycles. The highest BCUT2D eigenvalue weighted by Gasteiger charge is 2.57. The molecule has 12 nitrogen and oxygen atoms in total. The van der Waals surface area contributed by atoms with E-state index in [-0.39, 0.29) is 48.6 Å². The third kappa shape index (κ3) is 5.65. The van der Waals surface area contributed by atoms with Crippen LogP contribution in [0.3, 0.4) is 0 Å². The molecule has 2 atom stereocenters. The minimum absolute atomic E-state index is 0.0192. The van der Waals surface area contributed by atoms with Crippen LogP contribution in [0.2, 0.25) is 0 Å². The van der Waals surface area contributed by atoms with Crippen LogP contribution in [-0.4, -0.2) is 74.0 Å². The second-order valence-corrected chi connectivity index (χ2v) is 11.5. The number of phenolic OH excluding ortho intramolecular Hbond substituents is 1. The molecule has 1 spiro atoms. The number of methoxy groups -OCH3 is 2. The van der Waals surface area contributed by atoms with Crippen LogP contribution >= 0.6 is 0 Å². The van der Waals surface area contributed by atoms with Crippen molar-refractivity contribution in [1.29, 1.82) is 0 Å². The summed E-state index contributed by atoms with van der Waals surface area (Å²) in [6.45, 7) is -0.0384. The molecule has 2 aliphatic heterocycles. The summed E-state index contributed by atoms with van der Waals surface area (Å²) in [5, 5.41) is 9.73. The number of carbonyl (C=O) groups excluding carboxylic acids is 5. The minimum atomic E-state index is -1.41. The summed E-state index contributed by atoms with van der Waals surface area (Å²) in [5.41, 5.74) is 1.47. The van der Waals surface area contributed by atoms with Gasteiger partial charge in [-0.1, -0.05) is 12.1 Å². The molecule has 0 saturated heterocycles. The lowest BCUT2D eigenvalue weighted by molar-refractivity contribution is -0.140. The Morgan fingerprint density at radius 3 is 2.19 bits per heavy atom. The van der Waals surface area contributed by atoms with E-state index < -0.39 is 35.3 Å². The van der Waals surface area contributed by atoms with Gasteiger partial charge in [-0.25, -0.2) is 4.79 Å². The van der Waals surface area contributed by atoms with Crippen molar-refractivity contribution in [3.8, 4) is 11.5 Å². The van der Waals surface area contributed by atoms with Crippen LogP contribution < -0.4 is 9.64 Å². The monoisotopic (exact) mass is 652 g/mol. The quantitative estimate of drug-likeness (QED) is 0.262. The molecule has 0 fully saturated rings. The number of amides is 1. The molecular formula is C36H32N2O10. The van der Waals surface area contributed by atoms with E-state index in [0.29, 0.717) is 22.6 Å². The van der Waals surface area contributed by atoms with E-state index in [1.165, 1.54) is 37.3 Å². The topological polar surface area (TPSA) is 149 Å². The molecule has 2 unspecified atom stereocenters. The standard InChI is InChI=1S/C36H32N2O10/c1-37(22-5-8-24(39)9-6-22)23-7-12-28-30(19-23)47-31-20-25(40)10-13-29(31)36(28)27-11-4-21(18-26(27)35(44)48-36)34(43)38(16-14-32(41)45-2)17-15-33(42)46-3/h4-13,18-20,29,39H,14-17H2,1-3H3. The smallest absolute Gasteiger partial charge is 0.339 e. The Morgan fingerprint density at radius 1 is 0.875 bits per heavy atom. The number of carbonyl (C=O) groups is 5. The van der Waals surface area contributed by atoms with E-state index in [1.54, 1.807) is 48.5 Å². The number of phenols is 1. The Bertz CT molecular complexity index is 1880. The summed E-state index contributed by atoms with van der Waals surface area (Å²) in [6.07, 6.45) is 4.24. The molecule has 2 heterocycles. The zero-order chi connectivity index (χ0) is 34.2. The zero-order valence-electron chi connectivity index (χ0n) is 26.4. The molecule has 48 heavy (non-hydrogen) atoms. The van der Waals surface area contributed by atoms with Crippen LogP contribution in [-0.2, 0) is 34.2 Å². The number of hydrogen-bond donors (Lipinski definition) is 1. The molecule has 0 aromatic heterocycles. The number of esters is 3. The zero-order valence-corrected chi connectivity index (χ0v) is 26.4. The number of hydrogen-bond acceptors (Lipinski definition) is 11. The van der Waals surface area contributed by atoms with Gasteiger partial charge in [0.05, 0.1) is 38.5 Å². The van der Waals surface area contributed by atoms with Gasteiger partial charge in [0.15, 0.2) is 11.4 Å². The van der Waals surface area contributed by atoms with Crippen LogP contribution in [0.15, 0.2) is 84.7 Å². The van der Waals surface area contributed by atoms with E-state index in [2.05, 4.69) is 0 Å². The van der Waals surface area contributed by atoms with E-state index in [1.807, 2.05) is 24.1 Å². The summed E-state index contributed by atoms with van der Waals surface area (Å²) in [7, 11) is 4.34. The number of ketones is 1. The van der Waals surface area contributed by atoms with Crippen molar-refractivity contribution in [3.05, 3.63) is 107 Å². The molecule has 1 amide bonds. The summed E-state index contributed by atoms with van der Waals surface area (Å²) >= 11 is 0. The normalized spacial score (nSPS) is 18.5. The van der Waals surface area contributed by atoms with Crippen LogP contribution in [0.25, 0.3) is 0 Å². The van der Waals surface area contributed by atoms with E-state index in [4.69, 9.17) is 18.9 Å². The van der Waals surface area contributed by atoms with Gasteiger partial charge >= 0.3 is 17.9 Å². The van der Waals surface area contributed by atoms with Crippen LogP contribution in [0.4, 0.5) is 11.4 Å². The van der Waals surface area contributed by atoms with Crippen molar-refractivity contribution >= 4 is 41.0 Å². The van der Waals surface area contributed by atoms with E-state index in [0.717, 1.165) is 11.4 Å². The predicted octanol–water partition coefficient (Wildman–Crippen LogP) is 4.17. The van der Waals surface area contributed by atoms with E-state index in [9.17, 15) is 29.1 Å². The molecule has 1 N–H and O–H groups in total. The lowest BCUT2D eigenvalue weighted by atomic mass is 9.71. The molecule has 246 valence electrons. The Labute approximate surface area is 275 Å². The van der Waals surface area contributed by atoms with Gasteiger partial charge in [0.2, 0.25) is 0 Å². The Balaban J connectivity index is 1.40. The predicted molar refractivity (Wildman–Crippen MR) is 171 cm³/mol. The van der Waals surface area contributed by atoms with Crippen LogP contribution in [0, 0.1) is 5.92 Å². The summed E-state index contributed by atoms with van der Waals surface area (Å²) in [6, 6.07) is 16.8. The second-order valence-electron chi connectivity index (χ2n) is 11.5.